The lowest BCUT2D eigenvalue weighted by atomic mass is 10.2. The summed E-state index contributed by atoms with van der Waals surface area (Å²) < 4.78 is 1.09. The van der Waals surface area contributed by atoms with Gasteiger partial charge >= 0.3 is 0 Å². The van der Waals surface area contributed by atoms with Crippen molar-refractivity contribution in [1.82, 2.24) is 4.98 Å². The van der Waals surface area contributed by atoms with Crippen LogP contribution in [-0.2, 0) is 6.54 Å². The van der Waals surface area contributed by atoms with Crippen molar-refractivity contribution in [2.45, 2.75) is 20.4 Å². The molecule has 0 unspecified atom stereocenters. The highest BCUT2D eigenvalue weighted by atomic mass is 127. The van der Waals surface area contributed by atoms with Crippen LogP contribution in [0, 0.1) is 0 Å². The first-order valence-corrected chi connectivity index (χ1v) is 6.07. The van der Waals surface area contributed by atoms with E-state index in [2.05, 4.69) is 56.2 Å². The molecule has 94 valence electrons. The van der Waals surface area contributed by atoms with Crippen molar-refractivity contribution >= 4 is 10.9 Å². The minimum absolute atomic E-state index is 0. The summed E-state index contributed by atoms with van der Waals surface area (Å²) in [6, 6.07) is 10.7. The molecule has 0 bridgehead atoms. The molecule has 0 aliphatic heterocycles. The summed E-state index contributed by atoms with van der Waals surface area (Å²) in [5.74, 6) is 0. The molecule has 0 saturated heterocycles. The fourth-order valence-electron chi connectivity index (χ4n) is 2.08. The molecule has 0 radical (unpaired) electrons. The second kappa shape index (κ2) is 5.87. The zero-order chi connectivity index (χ0) is 11.6. The maximum atomic E-state index is 3.50. The average molecular weight is 345 g/mol. The number of aromatic nitrogens is 1. The quantitative estimate of drug-likeness (QED) is 0.462. The third-order valence-electron chi connectivity index (χ3n) is 3.66. The van der Waals surface area contributed by atoms with Crippen molar-refractivity contribution in [3.63, 3.8) is 0 Å². The van der Waals surface area contributed by atoms with E-state index < -0.39 is 0 Å². The van der Waals surface area contributed by atoms with Crippen LogP contribution in [0.1, 0.15) is 19.5 Å². The summed E-state index contributed by atoms with van der Waals surface area (Å²) in [6.45, 7) is 7.94. The third-order valence-corrected chi connectivity index (χ3v) is 3.66. The maximum absolute atomic E-state index is 3.50. The van der Waals surface area contributed by atoms with Crippen molar-refractivity contribution in [3.8, 4) is 0 Å². The Morgan fingerprint density at radius 1 is 1.12 bits per heavy atom. The van der Waals surface area contributed by atoms with Gasteiger partial charge in [-0.15, -0.1) is 0 Å². The van der Waals surface area contributed by atoms with Gasteiger partial charge in [-0.2, -0.15) is 0 Å². The summed E-state index contributed by atoms with van der Waals surface area (Å²) in [6.07, 6.45) is 0. The average Bonchev–Trinajstić information content (AvgIpc) is 2.70. The predicted molar refractivity (Wildman–Crippen MR) is 69.3 cm³/mol. The number of nitrogens with one attached hydrogen (secondary N) is 1. The molecule has 1 aromatic carbocycles. The molecule has 0 saturated carbocycles. The number of rotatable bonds is 4. The van der Waals surface area contributed by atoms with E-state index in [9.17, 15) is 0 Å². The van der Waals surface area contributed by atoms with Crippen molar-refractivity contribution in [2.24, 2.45) is 0 Å². The SMILES string of the molecule is CC[N+](C)(CC)[13CH2]c1cc2ccccc2[nH]1.[I-]. The van der Waals surface area contributed by atoms with E-state index in [-0.39, 0.29) is 24.0 Å². The van der Waals surface area contributed by atoms with Gasteiger partial charge in [0.2, 0.25) is 0 Å². The highest BCUT2D eigenvalue weighted by molar-refractivity contribution is 5.80. The summed E-state index contributed by atoms with van der Waals surface area (Å²) in [7, 11) is 2.31. The Balaban J connectivity index is 0.00000144. The lowest BCUT2D eigenvalue weighted by Crippen LogP contribution is -3.00. The number of para-hydroxylation sites is 1. The fourth-order valence-corrected chi connectivity index (χ4v) is 2.08. The van der Waals surface area contributed by atoms with Crippen molar-refractivity contribution < 1.29 is 28.5 Å². The Bertz CT molecular complexity index is 439. The zero-order valence-electron chi connectivity index (χ0n) is 10.8. The Hall–Kier alpha value is -0.550. The summed E-state index contributed by atoms with van der Waals surface area (Å²) in [4.78, 5) is 3.50. The molecule has 1 heterocycles. The normalized spacial score (nSPS) is 11.5. The van der Waals surface area contributed by atoms with Gasteiger partial charge in [0.1, 0.15) is 6.54 Å². The number of nitrogens with zero attached hydrogens (tertiary/aromatic N) is 1. The van der Waals surface area contributed by atoms with Gasteiger partial charge in [-0.25, -0.2) is 0 Å². The van der Waals surface area contributed by atoms with E-state index in [1.807, 2.05) is 0 Å². The van der Waals surface area contributed by atoms with Crippen LogP contribution in [0.3, 0.4) is 0 Å². The number of H-pyrrole nitrogens is 1. The van der Waals surface area contributed by atoms with E-state index in [1.54, 1.807) is 0 Å². The molecular weight excluding hydrogens is 324 g/mol. The summed E-state index contributed by atoms with van der Waals surface area (Å²) in [5.41, 5.74) is 2.59. The van der Waals surface area contributed by atoms with E-state index in [1.165, 1.54) is 29.7 Å². The van der Waals surface area contributed by atoms with Gasteiger partial charge in [-0.3, -0.25) is 0 Å². The molecule has 17 heavy (non-hydrogen) atoms. The first-order chi connectivity index (χ1) is 7.67. The van der Waals surface area contributed by atoms with Crippen LogP contribution in [0.4, 0.5) is 0 Å². The molecule has 0 atom stereocenters. The third kappa shape index (κ3) is 3.22. The molecule has 3 heteroatoms. The minimum atomic E-state index is 0. The molecule has 1 aromatic heterocycles. The lowest BCUT2D eigenvalue weighted by molar-refractivity contribution is -0.919. The van der Waals surface area contributed by atoms with Crippen LogP contribution in [0.5, 0.6) is 0 Å². The number of quaternary nitrogens is 1. The van der Waals surface area contributed by atoms with Crippen LogP contribution in [-0.4, -0.2) is 29.6 Å². The molecule has 0 amide bonds. The molecule has 0 aliphatic carbocycles. The summed E-state index contributed by atoms with van der Waals surface area (Å²) in [5, 5.41) is 1.32. The van der Waals surface area contributed by atoms with Gasteiger partial charge in [-0.1, -0.05) is 18.2 Å². The van der Waals surface area contributed by atoms with Crippen LogP contribution in [0.25, 0.3) is 10.9 Å². The van der Waals surface area contributed by atoms with Crippen molar-refractivity contribution in [2.75, 3.05) is 20.1 Å². The van der Waals surface area contributed by atoms with E-state index in [4.69, 9.17) is 0 Å². The van der Waals surface area contributed by atoms with Gasteiger partial charge in [0.25, 0.3) is 0 Å². The molecule has 1 N–H and O–H groups in total. The lowest BCUT2D eigenvalue weighted by Gasteiger charge is -2.31. The zero-order valence-corrected chi connectivity index (χ0v) is 13.0. The van der Waals surface area contributed by atoms with E-state index in [0.717, 1.165) is 11.0 Å². The second-order valence-electron chi connectivity index (χ2n) is 4.79. The number of fused-ring (bicyclic) bond motifs is 1. The number of hydrogen-bond acceptors (Lipinski definition) is 0. The number of hydrogen-bond donors (Lipinski definition) is 1. The first-order valence-electron chi connectivity index (χ1n) is 6.07. The molecule has 2 rings (SSSR count). The molecule has 2 nitrogen and oxygen atoms in total. The smallest absolute Gasteiger partial charge is 0.119 e. The van der Waals surface area contributed by atoms with Gasteiger partial charge in [0.05, 0.1) is 25.8 Å². The van der Waals surface area contributed by atoms with Crippen molar-refractivity contribution in [1.29, 1.82) is 0 Å². The predicted octanol–water partition coefficient (Wildman–Crippen LogP) is 0.158. The van der Waals surface area contributed by atoms with Crippen LogP contribution < -0.4 is 24.0 Å². The van der Waals surface area contributed by atoms with Crippen LogP contribution in [0.15, 0.2) is 30.3 Å². The van der Waals surface area contributed by atoms with E-state index in [0.29, 0.717) is 0 Å². The van der Waals surface area contributed by atoms with Crippen LogP contribution in [0.2, 0.25) is 0 Å². The number of benzene rings is 1. The molecule has 0 aliphatic rings. The molecule has 0 spiro atoms. The molecule has 0 fully saturated rings. The summed E-state index contributed by atoms with van der Waals surface area (Å²) >= 11 is 0. The van der Waals surface area contributed by atoms with Gasteiger partial charge in [0, 0.05) is 5.52 Å². The van der Waals surface area contributed by atoms with Gasteiger partial charge in [-0.05, 0) is 31.4 Å². The monoisotopic (exact) mass is 345 g/mol. The first kappa shape index (κ1) is 14.5. The highest BCUT2D eigenvalue weighted by Gasteiger charge is 2.18. The Morgan fingerprint density at radius 3 is 2.35 bits per heavy atom. The Morgan fingerprint density at radius 2 is 1.76 bits per heavy atom. The van der Waals surface area contributed by atoms with Gasteiger partial charge in [0.15, 0.2) is 0 Å². The number of aromatic amines is 1. The number of halogens is 1. The standard InChI is InChI=1S/C14H21N2.HI/c1-4-16(3,5-2)11-13-10-12-8-6-7-9-14(12)15-13;/h6-10,15H,4-5,11H2,1-3H3;1H/q+1;/p-1/i11+1;. The van der Waals surface area contributed by atoms with Gasteiger partial charge < -0.3 is 33.4 Å². The fraction of sp³-hybridized carbons (Fsp3) is 0.429. The molecular formula is C14H21IN2. The maximum Gasteiger partial charge on any atom is 0.119 e. The highest BCUT2D eigenvalue weighted by Crippen LogP contribution is 2.18. The van der Waals surface area contributed by atoms with E-state index >= 15 is 0 Å². The second-order valence-corrected chi connectivity index (χ2v) is 4.79. The van der Waals surface area contributed by atoms with Crippen molar-refractivity contribution in [3.05, 3.63) is 36.0 Å². The molecule has 2 aromatic rings. The Labute approximate surface area is 121 Å². The largest absolute Gasteiger partial charge is 1.00 e. The minimum Gasteiger partial charge on any atom is -1.00 e. The Kier molecular flexibility index (Phi) is 5.01. The topological polar surface area (TPSA) is 15.8 Å². The van der Waals surface area contributed by atoms with Crippen LogP contribution >= 0.6 is 0 Å².